The number of hydrogen-bond acceptors (Lipinski definition) is 7. The van der Waals surface area contributed by atoms with Gasteiger partial charge >= 0.3 is 0 Å². The van der Waals surface area contributed by atoms with E-state index in [-0.39, 0.29) is 11.2 Å². The Morgan fingerprint density at radius 3 is 2.74 bits per heavy atom. The van der Waals surface area contributed by atoms with Crippen LogP contribution in [0.5, 0.6) is 23.0 Å². The number of nitrogens with zero attached hydrogens (tertiary/aromatic N) is 2. The molecule has 0 amide bonds. The zero-order valence-electron chi connectivity index (χ0n) is 20.2. The van der Waals surface area contributed by atoms with Crippen LogP contribution in [0.2, 0.25) is 0 Å². The summed E-state index contributed by atoms with van der Waals surface area (Å²) in [7, 11) is 1.57. The summed E-state index contributed by atoms with van der Waals surface area (Å²) in [6.45, 7) is 4.79. The maximum Gasteiger partial charge on any atom is 0.235 e. The molecule has 2 fully saturated rings. The quantitative estimate of drug-likeness (QED) is 0.513. The Balaban J connectivity index is 1.25. The minimum Gasteiger partial charge on any atom is -0.493 e. The first-order chi connectivity index (χ1) is 17.2. The van der Waals surface area contributed by atoms with E-state index in [1.165, 1.54) is 51.5 Å². The Hall–Kier alpha value is -3.03. The third-order valence-electron chi connectivity index (χ3n) is 7.76. The van der Waals surface area contributed by atoms with Crippen molar-refractivity contribution in [2.45, 2.75) is 44.7 Å². The van der Waals surface area contributed by atoms with Gasteiger partial charge in [0.2, 0.25) is 11.2 Å². The predicted molar refractivity (Wildman–Crippen MR) is 133 cm³/mol. The molecule has 0 bridgehead atoms. The monoisotopic (exact) mass is 476 g/mol. The number of hydrogen-bond donors (Lipinski definition) is 0. The minimum atomic E-state index is -0.206. The van der Waals surface area contributed by atoms with E-state index in [9.17, 15) is 4.79 Å². The Morgan fingerprint density at radius 2 is 1.86 bits per heavy atom. The van der Waals surface area contributed by atoms with Crippen LogP contribution in [0.15, 0.2) is 51.9 Å². The van der Waals surface area contributed by atoms with Crippen molar-refractivity contribution < 1.29 is 18.6 Å². The van der Waals surface area contributed by atoms with Gasteiger partial charge in [-0.1, -0.05) is 18.6 Å². The average Bonchev–Trinajstić information content (AvgIpc) is 2.90. The highest BCUT2D eigenvalue weighted by Crippen LogP contribution is 2.36. The fourth-order valence-electron chi connectivity index (χ4n) is 6.07. The Bertz CT molecular complexity index is 1270. The second kappa shape index (κ2) is 9.55. The van der Waals surface area contributed by atoms with Crippen LogP contribution in [0.3, 0.4) is 0 Å². The van der Waals surface area contributed by atoms with Gasteiger partial charge in [-0.15, -0.1) is 0 Å². The molecule has 4 heterocycles. The van der Waals surface area contributed by atoms with Gasteiger partial charge in [-0.25, -0.2) is 0 Å². The number of piperidine rings is 2. The van der Waals surface area contributed by atoms with E-state index in [1.807, 2.05) is 18.2 Å². The molecule has 3 aliphatic heterocycles. The van der Waals surface area contributed by atoms with Crippen molar-refractivity contribution in [3.63, 3.8) is 0 Å². The number of benzene rings is 2. The van der Waals surface area contributed by atoms with Crippen LogP contribution < -0.4 is 19.6 Å². The third kappa shape index (κ3) is 4.28. The van der Waals surface area contributed by atoms with Gasteiger partial charge < -0.3 is 23.5 Å². The van der Waals surface area contributed by atoms with E-state index < -0.39 is 0 Å². The van der Waals surface area contributed by atoms with Crippen molar-refractivity contribution >= 4 is 11.0 Å². The van der Waals surface area contributed by atoms with Crippen LogP contribution in [0.1, 0.15) is 37.7 Å². The Labute approximate surface area is 205 Å². The van der Waals surface area contributed by atoms with E-state index in [2.05, 4.69) is 9.80 Å². The van der Waals surface area contributed by atoms with Crippen molar-refractivity contribution in [2.75, 3.05) is 33.5 Å². The minimum absolute atomic E-state index is 0.134. The SMILES string of the molecule is COc1ccccc1Oc1coc2c3c(ccc2c1=O)OCN(C[C@@H]1CCCN2CCCC[C@H]12)C3. The normalized spacial score (nSPS) is 22.8. The lowest BCUT2D eigenvalue weighted by atomic mass is 9.83. The molecule has 0 saturated carbocycles. The highest BCUT2D eigenvalue weighted by molar-refractivity contribution is 5.83. The molecule has 35 heavy (non-hydrogen) atoms. The molecule has 0 radical (unpaired) electrons. The van der Waals surface area contributed by atoms with E-state index >= 15 is 0 Å². The molecule has 2 aromatic carbocycles. The number of methoxy groups -OCH3 is 1. The van der Waals surface area contributed by atoms with Gasteiger partial charge in [0, 0.05) is 19.1 Å². The molecule has 0 spiro atoms. The first-order valence-electron chi connectivity index (χ1n) is 12.7. The molecule has 184 valence electrons. The zero-order valence-corrected chi connectivity index (χ0v) is 20.2. The summed E-state index contributed by atoms with van der Waals surface area (Å²) < 4.78 is 23.4. The lowest BCUT2D eigenvalue weighted by molar-refractivity contribution is 0.0146. The molecule has 2 saturated heterocycles. The molecule has 7 heteroatoms. The topological polar surface area (TPSA) is 64.4 Å². The maximum absolute atomic E-state index is 13.3. The van der Waals surface area contributed by atoms with Crippen molar-refractivity contribution in [2.24, 2.45) is 5.92 Å². The van der Waals surface area contributed by atoms with Crippen molar-refractivity contribution in [1.29, 1.82) is 0 Å². The fourth-order valence-corrected chi connectivity index (χ4v) is 6.07. The van der Waals surface area contributed by atoms with Crippen molar-refractivity contribution in [3.05, 3.63) is 58.4 Å². The van der Waals surface area contributed by atoms with Gasteiger partial charge in [-0.3, -0.25) is 9.69 Å². The highest BCUT2D eigenvalue weighted by atomic mass is 16.5. The first-order valence-corrected chi connectivity index (χ1v) is 12.7. The zero-order chi connectivity index (χ0) is 23.8. The number of ether oxygens (including phenoxy) is 3. The summed E-state index contributed by atoms with van der Waals surface area (Å²) in [4.78, 5) is 18.4. The first kappa shape index (κ1) is 22.4. The molecule has 1 aromatic heterocycles. The van der Waals surface area contributed by atoms with Gasteiger partial charge in [0.25, 0.3) is 0 Å². The Kier molecular flexibility index (Phi) is 6.12. The Morgan fingerprint density at radius 1 is 1.00 bits per heavy atom. The summed E-state index contributed by atoms with van der Waals surface area (Å²) in [6.07, 6.45) is 7.93. The van der Waals surface area contributed by atoms with E-state index in [4.69, 9.17) is 18.6 Å². The molecule has 3 aliphatic rings. The smallest absolute Gasteiger partial charge is 0.235 e. The summed E-state index contributed by atoms with van der Waals surface area (Å²) >= 11 is 0. The molecular weight excluding hydrogens is 444 g/mol. The number of fused-ring (bicyclic) bond motifs is 4. The lowest BCUT2D eigenvalue weighted by Crippen LogP contribution is -2.51. The number of rotatable bonds is 5. The van der Waals surface area contributed by atoms with Gasteiger partial charge in [0.15, 0.2) is 11.5 Å². The van der Waals surface area contributed by atoms with Gasteiger partial charge in [-0.05, 0) is 69.0 Å². The van der Waals surface area contributed by atoms with Crippen LogP contribution in [-0.4, -0.2) is 49.3 Å². The second-order valence-electron chi connectivity index (χ2n) is 9.89. The average molecular weight is 477 g/mol. The molecule has 2 atom stereocenters. The van der Waals surface area contributed by atoms with Gasteiger partial charge in [0.05, 0.1) is 18.1 Å². The van der Waals surface area contributed by atoms with E-state index in [0.717, 1.165) is 17.9 Å². The maximum atomic E-state index is 13.3. The molecule has 0 aliphatic carbocycles. The fraction of sp³-hybridized carbons (Fsp3) is 0.464. The molecular formula is C28H32N2O5. The standard InChI is InChI=1S/C28H32N2O5/c1-32-24-9-2-3-10-25(24)35-26-17-33-28-20(27(26)31)11-12-23-21(28)16-29(18-34-23)15-19-7-6-14-30-13-5-4-8-22(19)30/h2-3,9-12,17,19,22H,4-8,13-16,18H2,1H3/t19-,22+/m0/s1. The molecule has 6 rings (SSSR count). The lowest BCUT2D eigenvalue weighted by Gasteiger charge is -2.46. The van der Waals surface area contributed by atoms with E-state index in [1.54, 1.807) is 25.3 Å². The third-order valence-corrected chi connectivity index (χ3v) is 7.76. The van der Waals surface area contributed by atoms with Crippen LogP contribution in [-0.2, 0) is 6.54 Å². The predicted octanol–water partition coefficient (Wildman–Crippen LogP) is 5.01. The summed E-state index contributed by atoms with van der Waals surface area (Å²) in [5, 5.41) is 0.498. The van der Waals surface area contributed by atoms with Crippen molar-refractivity contribution in [3.8, 4) is 23.0 Å². The van der Waals surface area contributed by atoms with Crippen LogP contribution in [0.4, 0.5) is 0 Å². The summed E-state index contributed by atoms with van der Waals surface area (Å²) in [5.41, 5.74) is 1.31. The number of para-hydroxylation sites is 2. The van der Waals surface area contributed by atoms with E-state index in [0.29, 0.717) is 47.7 Å². The van der Waals surface area contributed by atoms with Gasteiger partial charge in [0.1, 0.15) is 24.3 Å². The van der Waals surface area contributed by atoms with Crippen LogP contribution in [0.25, 0.3) is 11.0 Å². The molecule has 0 N–H and O–H groups in total. The largest absolute Gasteiger partial charge is 0.493 e. The van der Waals surface area contributed by atoms with Crippen LogP contribution >= 0.6 is 0 Å². The molecule has 7 nitrogen and oxygen atoms in total. The van der Waals surface area contributed by atoms with Crippen molar-refractivity contribution in [1.82, 2.24) is 9.80 Å². The van der Waals surface area contributed by atoms with Gasteiger partial charge in [-0.2, -0.15) is 0 Å². The summed E-state index contributed by atoms with van der Waals surface area (Å²) in [6, 6.07) is 11.6. The van der Waals surface area contributed by atoms with Crippen LogP contribution in [0, 0.1) is 5.92 Å². The summed E-state index contributed by atoms with van der Waals surface area (Å²) in [5.74, 6) is 2.62. The molecule has 3 aromatic rings. The highest BCUT2D eigenvalue weighted by Gasteiger charge is 2.35. The second-order valence-corrected chi connectivity index (χ2v) is 9.89. The molecule has 0 unspecified atom stereocenters.